The first kappa shape index (κ1) is 22.2. The van der Waals surface area contributed by atoms with Gasteiger partial charge >= 0.3 is 12.1 Å². The zero-order chi connectivity index (χ0) is 17.6. The smallest absolute Gasteiger partial charge is 0.334 e. The second kappa shape index (κ2) is 9.48. The third-order valence-electron chi connectivity index (χ3n) is 3.14. The number of carbonyl (C=O) groups is 2. The van der Waals surface area contributed by atoms with Crippen LogP contribution in [0.3, 0.4) is 0 Å². The summed E-state index contributed by atoms with van der Waals surface area (Å²) in [6, 6.07) is 5.63. The van der Waals surface area contributed by atoms with Gasteiger partial charge in [0, 0.05) is 19.3 Å². The summed E-state index contributed by atoms with van der Waals surface area (Å²) in [6.45, 7) is 1.68. The molecule has 24 heavy (non-hydrogen) atoms. The quantitative estimate of drug-likeness (QED) is 0.811. The van der Waals surface area contributed by atoms with E-state index in [1.165, 1.54) is 6.07 Å². The van der Waals surface area contributed by atoms with Gasteiger partial charge in [0.2, 0.25) is 5.91 Å². The van der Waals surface area contributed by atoms with Crippen molar-refractivity contribution in [3.63, 3.8) is 0 Å². The first-order chi connectivity index (χ1) is 10.6. The van der Waals surface area contributed by atoms with E-state index in [2.05, 4.69) is 5.32 Å². The van der Waals surface area contributed by atoms with Crippen molar-refractivity contribution in [3.05, 3.63) is 29.8 Å². The van der Waals surface area contributed by atoms with Gasteiger partial charge in [0.25, 0.3) is 0 Å². The lowest BCUT2D eigenvalue weighted by Gasteiger charge is -2.19. The molecule has 1 atom stereocenters. The van der Waals surface area contributed by atoms with E-state index in [-0.39, 0.29) is 24.9 Å². The van der Waals surface area contributed by atoms with Crippen LogP contribution in [-0.4, -0.2) is 36.0 Å². The third kappa shape index (κ3) is 6.76. The Morgan fingerprint density at radius 1 is 1.33 bits per heavy atom. The van der Waals surface area contributed by atoms with Crippen LogP contribution in [0.25, 0.3) is 0 Å². The van der Waals surface area contributed by atoms with E-state index >= 15 is 0 Å². The number of hydrogen-bond donors (Lipinski definition) is 2. The predicted octanol–water partition coefficient (Wildman–Crippen LogP) is 2.70. The van der Waals surface area contributed by atoms with Crippen LogP contribution in [0, 0.1) is 0 Å². The van der Waals surface area contributed by atoms with Crippen molar-refractivity contribution in [2.45, 2.75) is 38.5 Å². The van der Waals surface area contributed by atoms with Crippen LogP contribution in [0.5, 0.6) is 0 Å². The highest BCUT2D eigenvalue weighted by molar-refractivity contribution is 5.94. The van der Waals surface area contributed by atoms with Gasteiger partial charge in [0.1, 0.15) is 0 Å². The van der Waals surface area contributed by atoms with Crippen LogP contribution in [0.1, 0.15) is 25.3 Å². The first-order valence-corrected chi connectivity index (χ1v) is 7.12. The van der Waals surface area contributed by atoms with Gasteiger partial charge in [-0.25, -0.2) is 0 Å². The molecule has 1 aromatic rings. The molecule has 1 rings (SSSR count). The van der Waals surface area contributed by atoms with Crippen LogP contribution in [-0.2, 0) is 16.1 Å². The summed E-state index contributed by atoms with van der Waals surface area (Å²) in [6.07, 6.45) is -3.61. The average Bonchev–Trinajstić information content (AvgIpc) is 2.46. The van der Waals surface area contributed by atoms with Crippen LogP contribution in [0.4, 0.5) is 18.9 Å². The lowest BCUT2D eigenvalue weighted by atomic mass is 10.1. The maximum atomic E-state index is 12.4. The number of amides is 2. The molecule has 0 bridgehead atoms. The number of nitrogens with two attached hydrogens (primary N) is 1. The van der Waals surface area contributed by atoms with Crippen molar-refractivity contribution < 1.29 is 22.8 Å². The number of halogens is 4. The van der Waals surface area contributed by atoms with E-state index in [1.807, 2.05) is 6.92 Å². The summed E-state index contributed by atoms with van der Waals surface area (Å²) in [4.78, 5) is 23.5. The van der Waals surface area contributed by atoms with Crippen LogP contribution in [0.15, 0.2) is 24.3 Å². The molecule has 3 N–H and O–H groups in total. The molecule has 0 fully saturated rings. The Morgan fingerprint density at radius 3 is 2.50 bits per heavy atom. The molecule has 0 aliphatic carbocycles. The van der Waals surface area contributed by atoms with Gasteiger partial charge in [0.05, 0.1) is 6.04 Å². The largest absolute Gasteiger partial charge is 0.471 e. The Labute approximate surface area is 144 Å². The Balaban J connectivity index is 0.00000529. The summed E-state index contributed by atoms with van der Waals surface area (Å²) in [7, 11) is 1.07. The van der Waals surface area contributed by atoms with Gasteiger partial charge in [-0.3, -0.25) is 9.59 Å². The molecule has 0 spiro atoms. The van der Waals surface area contributed by atoms with Crippen LogP contribution < -0.4 is 11.1 Å². The molecule has 9 heteroatoms. The Hall–Kier alpha value is -1.80. The third-order valence-corrected chi connectivity index (χ3v) is 3.14. The van der Waals surface area contributed by atoms with Gasteiger partial charge in [-0.15, -0.1) is 12.4 Å². The van der Waals surface area contributed by atoms with Crippen molar-refractivity contribution in [2.24, 2.45) is 5.73 Å². The van der Waals surface area contributed by atoms with E-state index < -0.39 is 18.1 Å². The summed E-state index contributed by atoms with van der Waals surface area (Å²) in [5.74, 6) is -2.28. The van der Waals surface area contributed by atoms with E-state index in [9.17, 15) is 22.8 Å². The number of carbonyl (C=O) groups excluding carboxylic acids is 2. The highest BCUT2D eigenvalue weighted by atomic mass is 35.5. The number of anilines is 1. The average molecular weight is 368 g/mol. The second-order valence-corrected chi connectivity index (χ2v) is 5.24. The van der Waals surface area contributed by atoms with Crippen molar-refractivity contribution in [1.29, 1.82) is 0 Å². The van der Waals surface area contributed by atoms with Crippen LogP contribution in [0.2, 0.25) is 0 Å². The monoisotopic (exact) mass is 367 g/mol. The van der Waals surface area contributed by atoms with Gasteiger partial charge in [-0.1, -0.05) is 25.5 Å². The van der Waals surface area contributed by atoms with Crippen molar-refractivity contribution >= 4 is 29.9 Å². The molecule has 2 amide bonds. The number of nitrogens with one attached hydrogen (secondary N) is 1. The molecular weight excluding hydrogens is 347 g/mol. The number of alkyl halides is 3. The standard InChI is InChI=1S/C15H20F3N3O2.ClH/c1-3-5-12(19)13(22)20-11-7-4-6-10(8-11)9-21(2)14(23)15(16,17)18;/h4,6-8,12H,3,5,9,19H2,1-2H3,(H,20,22);1H. The summed E-state index contributed by atoms with van der Waals surface area (Å²) in [5, 5.41) is 2.61. The Morgan fingerprint density at radius 2 is 1.96 bits per heavy atom. The second-order valence-electron chi connectivity index (χ2n) is 5.24. The first-order valence-electron chi connectivity index (χ1n) is 7.12. The number of nitrogens with zero attached hydrogens (tertiary/aromatic N) is 1. The predicted molar refractivity (Wildman–Crippen MR) is 87.7 cm³/mol. The van der Waals surface area contributed by atoms with Gasteiger partial charge < -0.3 is 16.0 Å². The topological polar surface area (TPSA) is 75.4 Å². The molecule has 0 heterocycles. The fourth-order valence-corrected chi connectivity index (χ4v) is 1.99. The van der Waals surface area contributed by atoms with Gasteiger partial charge in [0.15, 0.2) is 0 Å². The SMILES string of the molecule is CCCC(N)C(=O)Nc1cccc(CN(C)C(=O)C(F)(F)F)c1.Cl. The van der Waals surface area contributed by atoms with Crippen molar-refractivity contribution in [2.75, 3.05) is 12.4 Å². The fourth-order valence-electron chi connectivity index (χ4n) is 1.99. The summed E-state index contributed by atoms with van der Waals surface area (Å²) < 4.78 is 37.1. The minimum atomic E-state index is -4.91. The molecule has 5 nitrogen and oxygen atoms in total. The zero-order valence-corrected chi connectivity index (χ0v) is 14.2. The number of hydrogen-bond acceptors (Lipinski definition) is 3. The molecule has 0 saturated heterocycles. The lowest BCUT2D eigenvalue weighted by molar-refractivity contribution is -0.184. The highest BCUT2D eigenvalue weighted by Crippen LogP contribution is 2.20. The molecule has 0 aromatic heterocycles. The van der Waals surface area contributed by atoms with Gasteiger partial charge in [-0.2, -0.15) is 13.2 Å². The molecule has 136 valence electrons. The van der Waals surface area contributed by atoms with E-state index in [4.69, 9.17) is 5.73 Å². The van der Waals surface area contributed by atoms with E-state index in [0.29, 0.717) is 22.6 Å². The summed E-state index contributed by atoms with van der Waals surface area (Å²) in [5.41, 5.74) is 6.58. The molecule has 1 aromatic carbocycles. The zero-order valence-electron chi connectivity index (χ0n) is 13.4. The highest BCUT2D eigenvalue weighted by Gasteiger charge is 2.41. The van der Waals surface area contributed by atoms with E-state index in [0.717, 1.165) is 13.5 Å². The fraction of sp³-hybridized carbons (Fsp3) is 0.467. The minimum absolute atomic E-state index is 0. The summed E-state index contributed by atoms with van der Waals surface area (Å²) >= 11 is 0. The molecule has 0 aliphatic heterocycles. The Bertz CT molecular complexity index is 567. The lowest BCUT2D eigenvalue weighted by Crippen LogP contribution is -2.38. The van der Waals surface area contributed by atoms with Crippen molar-refractivity contribution in [1.82, 2.24) is 4.90 Å². The maximum absolute atomic E-state index is 12.4. The molecule has 0 aliphatic rings. The molecule has 0 radical (unpaired) electrons. The number of benzene rings is 1. The van der Waals surface area contributed by atoms with Crippen molar-refractivity contribution in [3.8, 4) is 0 Å². The van der Waals surface area contributed by atoms with Gasteiger partial charge in [-0.05, 0) is 24.1 Å². The molecule has 0 saturated carbocycles. The molecular formula is C15H21ClF3N3O2. The normalized spacial score (nSPS) is 12.1. The molecule has 1 unspecified atom stereocenters. The minimum Gasteiger partial charge on any atom is -0.334 e. The maximum Gasteiger partial charge on any atom is 0.471 e. The number of rotatable bonds is 6. The van der Waals surface area contributed by atoms with Crippen LogP contribution >= 0.6 is 12.4 Å². The Kier molecular flexibility index (Phi) is 8.77. The van der Waals surface area contributed by atoms with E-state index in [1.54, 1.807) is 18.2 Å².